The van der Waals surface area contributed by atoms with Crippen LogP contribution in [0.1, 0.15) is 27.6 Å². The molecule has 158 valence electrons. The molecule has 2 aromatic carbocycles. The number of carbonyl (C=O) groups excluding carboxylic acids is 2. The lowest BCUT2D eigenvalue weighted by atomic mass is 10.1. The van der Waals surface area contributed by atoms with E-state index in [9.17, 15) is 19.7 Å². The normalized spacial score (nSPS) is 14.3. The zero-order chi connectivity index (χ0) is 21.7. The van der Waals surface area contributed by atoms with Gasteiger partial charge < -0.3 is 19.9 Å². The third kappa shape index (κ3) is 4.57. The molecule has 0 bridgehead atoms. The third-order valence-electron chi connectivity index (χ3n) is 5.17. The van der Waals surface area contributed by atoms with Gasteiger partial charge in [0.2, 0.25) is 0 Å². The first-order valence-corrected chi connectivity index (χ1v) is 9.69. The van der Waals surface area contributed by atoms with Crippen molar-refractivity contribution in [2.24, 2.45) is 0 Å². The molecule has 0 saturated carbocycles. The molecule has 0 atom stereocenters. The molecular formula is C21H24N4O5. The molecule has 1 fully saturated rings. The number of likely N-dealkylation sites (N-methyl/N-ethyl adjacent to an activating group) is 1. The van der Waals surface area contributed by atoms with E-state index in [4.69, 9.17) is 4.74 Å². The van der Waals surface area contributed by atoms with E-state index < -0.39 is 16.8 Å². The Bertz CT molecular complexity index is 954. The minimum Gasteiger partial charge on any atom is -0.465 e. The van der Waals surface area contributed by atoms with Crippen molar-refractivity contribution in [1.29, 1.82) is 0 Å². The number of amides is 1. The van der Waals surface area contributed by atoms with Crippen LogP contribution in [0.3, 0.4) is 0 Å². The SMILES string of the molecule is CCN1CCN(c2ccc(C(=O)OC)cc2NC(=O)c2ccccc2[N+](=O)[O-])CC1. The number of hydrogen-bond donors (Lipinski definition) is 1. The summed E-state index contributed by atoms with van der Waals surface area (Å²) < 4.78 is 4.78. The van der Waals surface area contributed by atoms with E-state index in [1.807, 2.05) is 0 Å². The van der Waals surface area contributed by atoms with Gasteiger partial charge in [0.15, 0.2) is 0 Å². The molecule has 1 aliphatic rings. The monoisotopic (exact) mass is 412 g/mol. The number of nitrogens with one attached hydrogen (secondary N) is 1. The number of anilines is 2. The first kappa shape index (κ1) is 21.3. The highest BCUT2D eigenvalue weighted by atomic mass is 16.6. The van der Waals surface area contributed by atoms with Gasteiger partial charge in [-0.3, -0.25) is 14.9 Å². The molecule has 0 aromatic heterocycles. The lowest BCUT2D eigenvalue weighted by molar-refractivity contribution is -0.385. The summed E-state index contributed by atoms with van der Waals surface area (Å²) in [5.41, 5.74) is 1.12. The minimum absolute atomic E-state index is 0.0484. The fraction of sp³-hybridized carbons (Fsp3) is 0.333. The Kier molecular flexibility index (Phi) is 6.63. The Balaban J connectivity index is 1.94. The fourth-order valence-corrected chi connectivity index (χ4v) is 3.48. The minimum atomic E-state index is -0.613. The van der Waals surface area contributed by atoms with Gasteiger partial charge >= 0.3 is 5.97 Å². The second-order valence-corrected chi connectivity index (χ2v) is 6.87. The highest BCUT2D eigenvalue weighted by molar-refractivity contribution is 6.09. The topological polar surface area (TPSA) is 105 Å². The molecule has 2 aromatic rings. The van der Waals surface area contributed by atoms with Crippen LogP contribution in [0.4, 0.5) is 17.1 Å². The number of nitro benzene ring substituents is 1. The molecule has 3 rings (SSSR count). The summed E-state index contributed by atoms with van der Waals surface area (Å²) in [5, 5.41) is 14.0. The number of rotatable bonds is 6. The standard InChI is InChI=1S/C21H24N4O5/c1-3-23-10-12-24(13-11-23)19-9-8-15(21(27)30-2)14-17(19)22-20(26)16-6-4-5-7-18(16)25(28)29/h4-9,14H,3,10-13H2,1-2H3,(H,22,26). The van der Waals surface area contributed by atoms with Crippen LogP contribution in [0.25, 0.3) is 0 Å². The third-order valence-corrected chi connectivity index (χ3v) is 5.17. The van der Waals surface area contributed by atoms with Gasteiger partial charge in [0.05, 0.1) is 29.0 Å². The van der Waals surface area contributed by atoms with Gasteiger partial charge in [-0.2, -0.15) is 0 Å². The van der Waals surface area contributed by atoms with Crippen LogP contribution < -0.4 is 10.2 Å². The number of carbonyl (C=O) groups is 2. The average Bonchev–Trinajstić information content (AvgIpc) is 2.78. The lowest BCUT2D eigenvalue weighted by Crippen LogP contribution is -2.46. The van der Waals surface area contributed by atoms with Crippen molar-refractivity contribution < 1.29 is 19.2 Å². The van der Waals surface area contributed by atoms with Gasteiger partial charge in [0, 0.05) is 32.2 Å². The molecule has 1 aliphatic heterocycles. The zero-order valence-corrected chi connectivity index (χ0v) is 17.0. The molecule has 0 spiro atoms. The van der Waals surface area contributed by atoms with E-state index in [1.54, 1.807) is 24.3 Å². The van der Waals surface area contributed by atoms with E-state index in [-0.39, 0.29) is 16.8 Å². The van der Waals surface area contributed by atoms with Crippen molar-refractivity contribution in [1.82, 2.24) is 4.90 Å². The second kappa shape index (κ2) is 9.36. The zero-order valence-electron chi connectivity index (χ0n) is 17.0. The summed E-state index contributed by atoms with van der Waals surface area (Å²) in [5.74, 6) is -1.14. The molecule has 1 N–H and O–H groups in total. The highest BCUT2D eigenvalue weighted by Gasteiger charge is 2.23. The fourth-order valence-electron chi connectivity index (χ4n) is 3.48. The van der Waals surface area contributed by atoms with Crippen molar-refractivity contribution >= 4 is 28.9 Å². The number of ether oxygens (including phenoxy) is 1. The molecule has 1 heterocycles. The van der Waals surface area contributed by atoms with Gasteiger partial charge in [-0.1, -0.05) is 19.1 Å². The van der Waals surface area contributed by atoms with Crippen LogP contribution in [-0.2, 0) is 4.74 Å². The van der Waals surface area contributed by atoms with E-state index in [0.29, 0.717) is 5.69 Å². The Morgan fingerprint density at radius 2 is 1.83 bits per heavy atom. The molecule has 1 amide bonds. The quantitative estimate of drug-likeness (QED) is 0.442. The average molecular weight is 412 g/mol. The van der Waals surface area contributed by atoms with Gasteiger partial charge in [-0.25, -0.2) is 4.79 Å². The molecule has 9 heteroatoms. The predicted octanol–water partition coefficient (Wildman–Crippen LogP) is 2.78. The van der Waals surface area contributed by atoms with Crippen molar-refractivity contribution in [3.63, 3.8) is 0 Å². The maximum absolute atomic E-state index is 12.9. The van der Waals surface area contributed by atoms with Crippen LogP contribution in [0.5, 0.6) is 0 Å². The second-order valence-electron chi connectivity index (χ2n) is 6.87. The Labute approximate surface area is 174 Å². The number of benzene rings is 2. The van der Waals surface area contributed by atoms with Crippen LogP contribution >= 0.6 is 0 Å². The van der Waals surface area contributed by atoms with Gasteiger partial charge in [0.1, 0.15) is 5.56 Å². The van der Waals surface area contributed by atoms with Crippen molar-refractivity contribution in [2.45, 2.75) is 6.92 Å². The van der Waals surface area contributed by atoms with Crippen LogP contribution in [0.2, 0.25) is 0 Å². The maximum atomic E-state index is 12.9. The summed E-state index contributed by atoms with van der Waals surface area (Å²) in [4.78, 5) is 40.0. The number of nitrogens with zero attached hydrogens (tertiary/aromatic N) is 3. The highest BCUT2D eigenvalue weighted by Crippen LogP contribution is 2.30. The Hall–Kier alpha value is -3.46. The number of nitro groups is 1. The first-order valence-electron chi connectivity index (χ1n) is 9.69. The first-order chi connectivity index (χ1) is 14.4. The number of esters is 1. The van der Waals surface area contributed by atoms with E-state index >= 15 is 0 Å². The van der Waals surface area contributed by atoms with E-state index in [1.165, 1.54) is 25.3 Å². The van der Waals surface area contributed by atoms with Gasteiger partial charge in [-0.15, -0.1) is 0 Å². The summed E-state index contributed by atoms with van der Waals surface area (Å²) in [7, 11) is 1.28. The molecular weight excluding hydrogens is 388 g/mol. The smallest absolute Gasteiger partial charge is 0.337 e. The molecule has 0 unspecified atom stereocenters. The summed E-state index contributed by atoms with van der Waals surface area (Å²) in [6.07, 6.45) is 0. The summed E-state index contributed by atoms with van der Waals surface area (Å²) in [6, 6.07) is 10.7. The van der Waals surface area contributed by atoms with Crippen molar-refractivity contribution in [3.8, 4) is 0 Å². The van der Waals surface area contributed by atoms with Crippen LogP contribution in [0, 0.1) is 10.1 Å². The van der Waals surface area contributed by atoms with Crippen LogP contribution in [-0.4, -0.2) is 61.5 Å². The van der Waals surface area contributed by atoms with Crippen molar-refractivity contribution in [3.05, 3.63) is 63.7 Å². The maximum Gasteiger partial charge on any atom is 0.337 e. The number of methoxy groups -OCH3 is 1. The molecule has 9 nitrogen and oxygen atoms in total. The molecule has 0 aliphatic carbocycles. The molecule has 30 heavy (non-hydrogen) atoms. The van der Waals surface area contributed by atoms with Gasteiger partial charge in [0.25, 0.3) is 11.6 Å². The largest absolute Gasteiger partial charge is 0.465 e. The molecule has 0 radical (unpaired) electrons. The van der Waals surface area contributed by atoms with Gasteiger partial charge in [-0.05, 0) is 30.8 Å². The predicted molar refractivity (Wildman–Crippen MR) is 113 cm³/mol. The molecule has 1 saturated heterocycles. The summed E-state index contributed by atoms with van der Waals surface area (Å²) in [6.45, 7) is 6.37. The Morgan fingerprint density at radius 3 is 2.47 bits per heavy atom. The Morgan fingerprint density at radius 1 is 1.13 bits per heavy atom. The lowest BCUT2D eigenvalue weighted by Gasteiger charge is -2.36. The van der Waals surface area contributed by atoms with E-state index in [2.05, 4.69) is 22.0 Å². The number of hydrogen-bond acceptors (Lipinski definition) is 7. The number of piperazine rings is 1. The van der Waals surface area contributed by atoms with E-state index in [0.717, 1.165) is 38.4 Å². The van der Waals surface area contributed by atoms with Crippen molar-refractivity contribution in [2.75, 3.05) is 50.1 Å². The van der Waals surface area contributed by atoms with Crippen LogP contribution in [0.15, 0.2) is 42.5 Å². The summed E-state index contributed by atoms with van der Waals surface area (Å²) >= 11 is 0. The number of para-hydroxylation sites is 1.